The summed E-state index contributed by atoms with van der Waals surface area (Å²) in [7, 11) is 0.362. The minimum atomic E-state index is -3.93. The number of halogens is 1. The number of ether oxygens (including phenoxy) is 3. The second-order valence-electron chi connectivity index (χ2n) is 6.74. The Morgan fingerprint density at radius 1 is 0.969 bits per heavy atom. The van der Waals surface area contributed by atoms with Gasteiger partial charge in [0.25, 0.3) is 10.0 Å². The van der Waals surface area contributed by atoms with Gasteiger partial charge in [0.15, 0.2) is 11.6 Å². The predicted octanol–water partition coefficient (Wildman–Crippen LogP) is 4.03. The first-order chi connectivity index (χ1) is 15.3. The van der Waals surface area contributed by atoms with Crippen LogP contribution in [-0.2, 0) is 21.4 Å². The topological polar surface area (TPSA) is 82.1 Å². The van der Waals surface area contributed by atoms with Crippen LogP contribution in [0.15, 0.2) is 71.6 Å². The molecule has 0 aliphatic heterocycles. The van der Waals surface area contributed by atoms with Crippen molar-refractivity contribution in [3.05, 3.63) is 83.7 Å². The van der Waals surface area contributed by atoms with Crippen LogP contribution >= 0.6 is 0 Å². The molecule has 3 aromatic rings. The van der Waals surface area contributed by atoms with Gasteiger partial charge in [-0.3, -0.25) is 4.31 Å². The molecular formula is C23H22FNO6S. The molecule has 0 heterocycles. The van der Waals surface area contributed by atoms with Crippen LogP contribution in [-0.4, -0.2) is 35.7 Å². The summed E-state index contributed by atoms with van der Waals surface area (Å²) in [4.78, 5) is 12.4. The molecule has 0 atom stereocenters. The zero-order valence-corrected chi connectivity index (χ0v) is 18.6. The third-order valence-electron chi connectivity index (χ3n) is 4.75. The molecule has 0 N–H and O–H groups in total. The monoisotopic (exact) mass is 459 g/mol. The van der Waals surface area contributed by atoms with Gasteiger partial charge in [0.2, 0.25) is 0 Å². The van der Waals surface area contributed by atoms with Crippen LogP contribution in [0.25, 0.3) is 0 Å². The van der Waals surface area contributed by atoms with Gasteiger partial charge in [0.05, 0.1) is 30.4 Å². The molecule has 0 saturated carbocycles. The Morgan fingerprint density at radius 2 is 1.69 bits per heavy atom. The lowest BCUT2D eigenvalue weighted by atomic mass is 10.2. The lowest BCUT2D eigenvalue weighted by Gasteiger charge is -2.20. The highest BCUT2D eigenvalue weighted by Crippen LogP contribution is 2.25. The van der Waals surface area contributed by atoms with Gasteiger partial charge in [-0.15, -0.1) is 0 Å². The van der Waals surface area contributed by atoms with Crippen molar-refractivity contribution in [2.75, 3.05) is 25.6 Å². The third-order valence-corrected chi connectivity index (χ3v) is 6.53. The Balaban J connectivity index is 1.75. The maximum atomic E-state index is 13.8. The zero-order valence-electron chi connectivity index (χ0n) is 17.7. The number of methoxy groups -OCH3 is 2. The van der Waals surface area contributed by atoms with Crippen LogP contribution in [0, 0.1) is 5.82 Å². The number of hydrogen-bond acceptors (Lipinski definition) is 6. The summed E-state index contributed by atoms with van der Waals surface area (Å²) in [5, 5.41) is 0. The van der Waals surface area contributed by atoms with Crippen molar-refractivity contribution in [2.24, 2.45) is 0 Å². The van der Waals surface area contributed by atoms with Crippen molar-refractivity contribution in [2.45, 2.75) is 11.5 Å². The highest BCUT2D eigenvalue weighted by Gasteiger charge is 2.23. The molecule has 0 unspecified atom stereocenters. The number of carbonyl (C=O) groups excluding carboxylic acids is 1. The SMILES string of the molecule is COc1ccc(N(C)S(=O)(=O)c2cccc(C(=O)OCc3ccc(OC)c(F)c3)c2)cc1. The van der Waals surface area contributed by atoms with Crippen molar-refractivity contribution >= 4 is 21.7 Å². The van der Waals surface area contributed by atoms with Gasteiger partial charge in [-0.05, 0) is 60.2 Å². The van der Waals surface area contributed by atoms with Crippen LogP contribution < -0.4 is 13.8 Å². The molecule has 0 spiro atoms. The Morgan fingerprint density at radius 3 is 2.31 bits per heavy atom. The van der Waals surface area contributed by atoms with Gasteiger partial charge in [0, 0.05) is 7.05 Å². The molecule has 9 heteroatoms. The number of sulfonamides is 1. The summed E-state index contributed by atoms with van der Waals surface area (Å²) in [5.41, 5.74) is 0.920. The van der Waals surface area contributed by atoms with E-state index in [-0.39, 0.29) is 22.8 Å². The van der Waals surface area contributed by atoms with E-state index in [2.05, 4.69) is 0 Å². The fraction of sp³-hybridized carbons (Fsp3) is 0.174. The lowest BCUT2D eigenvalue weighted by Crippen LogP contribution is -2.26. The number of hydrogen-bond donors (Lipinski definition) is 0. The second-order valence-corrected chi connectivity index (χ2v) is 8.71. The standard InChI is InChI=1S/C23H22FNO6S/c1-25(18-8-10-19(29-2)11-9-18)32(27,28)20-6-4-5-17(14-20)23(26)31-15-16-7-12-22(30-3)21(24)13-16/h4-14H,15H2,1-3H3. The first kappa shape index (κ1) is 23.1. The van der Waals surface area contributed by atoms with Crippen LogP contribution in [0.5, 0.6) is 11.5 Å². The molecule has 7 nitrogen and oxygen atoms in total. The van der Waals surface area contributed by atoms with Gasteiger partial charge in [-0.25, -0.2) is 17.6 Å². The van der Waals surface area contributed by atoms with E-state index < -0.39 is 21.8 Å². The largest absolute Gasteiger partial charge is 0.497 e. The molecule has 0 saturated heterocycles. The van der Waals surface area contributed by atoms with Crippen molar-refractivity contribution in [1.29, 1.82) is 0 Å². The molecule has 0 fully saturated rings. The van der Waals surface area contributed by atoms with Crippen LogP contribution in [0.3, 0.4) is 0 Å². The maximum absolute atomic E-state index is 13.8. The van der Waals surface area contributed by atoms with Crippen molar-refractivity contribution in [3.63, 3.8) is 0 Å². The molecule has 3 rings (SSSR count). The number of esters is 1. The van der Waals surface area contributed by atoms with Crippen molar-refractivity contribution < 1.29 is 31.8 Å². The average molecular weight is 459 g/mol. The Hall–Kier alpha value is -3.59. The minimum absolute atomic E-state index is 0.0585. The van der Waals surface area contributed by atoms with Crippen LogP contribution in [0.4, 0.5) is 10.1 Å². The molecule has 0 aliphatic rings. The van der Waals surface area contributed by atoms with E-state index in [0.717, 1.165) is 4.31 Å². The van der Waals surface area contributed by atoms with E-state index in [1.807, 2.05) is 0 Å². The van der Waals surface area contributed by atoms with E-state index in [4.69, 9.17) is 14.2 Å². The molecule has 0 aliphatic carbocycles. The number of benzene rings is 3. The molecule has 0 radical (unpaired) electrons. The summed E-state index contributed by atoms with van der Waals surface area (Å²) in [6.45, 7) is -0.178. The Labute approximate surface area is 186 Å². The Kier molecular flexibility index (Phi) is 6.99. The summed E-state index contributed by atoms with van der Waals surface area (Å²) in [6.07, 6.45) is 0. The first-order valence-corrected chi connectivity index (χ1v) is 10.9. The molecule has 32 heavy (non-hydrogen) atoms. The lowest BCUT2D eigenvalue weighted by molar-refractivity contribution is 0.0472. The molecule has 0 bridgehead atoms. The molecular weight excluding hydrogens is 437 g/mol. The van der Waals surface area contributed by atoms with E-state index in [0.29, 0.717) is 17.0 Å². The van der Waals surface area contributed by atoms with Gasteiger partial charge < -0.3 is 14.2 Å². The fourth-order valence-corrected chi connectivity index (χ4v) is 4.15. The maximum Gasteiger partial charge on any atom is 0.338 e. The van der Waals surface area contributed by atoms with Gasteiger partial charge in [-0.1, -0.05) is 12.1 Å². The van der Waals surface area contributed by atoms with E-state index in [1.165, 1.54) is 57.7 Å². The van der Waals surface area contributed by atoms with Gasteiger partial charge in [0.1, 0.15) is 12.4 Å². The number of anilines is 1. The smallest absolute Gasteiger partial charge is 0.338 e. The number of rotatable bonds is 8. The molecule has 168 valence electrons. The van der Waals surface area contributed by atoms with Gasteiger partial charge in [-0.2, -0.15) is 0 Å². The third kappa shape index (κ3) is 5.00. The van der Waals surface area contributed by atoms with E-state index in [1.54, 1.807) is 30.3 Å². The zero-order chi connectivity index (χ0) is 23.3. The number of nitrogens with zero attached hydrogens (tertiary/aromatic N) is 1. The van der Waals surface area contributed by atoms with E-state index >= 15 is 0 Å². The van der Waals surface area contributed by atoms with E-state index in [9.17, 15) is 17.6 Å². The highest BCUT2D eigenvalue weighted by molar-refractivity contribution is 7.92. The molecule has 0 aromatic heterocycles. The first-order valence-electron chi connectivity index (χ1n) is 9.49. The molecule has 3 aromatic carbocycles. The van der Waals surface area contributed by atoms with Gasteiger partial charge >= 0.3 is 5.97 Å². The van der Waals surface area contributed by atoms with Crippen LogP contribution in [0.2, 0.25) is 0 Å². The summed E-state index contributed by atoms with van der Waals surface area (Å²) in [5.74, 6) is -0.624. The second kappa shape index (κ2) is 9.69. The normalized spacial score (nSPS) is 11.0. The highest BCUT2D eigenvalue weighted by atomic mass is 32.2. The summed E-state index contributed by atoms with van der Waals surface area (Å²) in [6, 6.07) is 16.3. The summed E-state index contributed by atoms with van der Waals surface area (Å²) < 4.78 is 56.1. The fourth-order valence-electron chi connectivity index (χ4n) is 2.90. The average Bonchev–Trinajstić information content (AvgIpc) is 2.82. The van der Waals surface area contributed by atoms with Crippen molar-refractivity contribution in [3.8, 4) is 11.5 Å². The number of carbonyl (C=O) groups is 1. The quantitative estimate of drug-likeness (QED) is 0.473. The minimum Gasteiger partial charge on any atom is -0.497 e. The van der Waals surface area contributed by atoms with Crippen molar-refractivity contribution in [1.82, 2.24) is 0 Å². The molecule has 0 amide bonds. The van der Waals surface area contributed by atoms with Crippen LogP contribution in [0.1, 0.15) is 15.9 Å². The summed E-state index contributed by atoms with van der Waals surface area (Å²) >= 11 is 0. The Bertz CT molecular complexity index is 1210. The predicted molar refractivity (Wildman–Crippen MR) is 117 cm³/mol.